The van der Waals surface area contributed by atoms with Crippen molar-refractivity contribution in [2.24, 2.45) is 5.92 Å². The number of carbonyl (C=O) groups is 3. The van der Waals surface area contributed by atoms with Crippen molar-refractivity contribution in [2.75, 3.05) is 26.7 Å². The molecule has 6 nitrogen and oxygen atoms in total. The molecule has 3 rings (SSSR count). The van der Waals surface area contributed by atoms with Gasteiger partial charge in [-0.05, 0) is 55.4 Å². The van der Waals surface area contributed by atoms with Gasteiger partial charge in [0.2, 0.25) is 5.91 Å². The zero-order chi connectivity index (χ0) is 18.0. The number of benzene rings is 1. The highest BCUT2D eigenvalue weighted by Crippen LogP contribution is 2.23. The van der Waals surface area contributed by atoms with Crippen molar-refractivity contribution in [3.8, 4) is 0 Å². The minimum absolute atomic E-state index is 0.0215. The van der Waals surface area contributed by atoms with Gasteiger partial charge >= 0.3 is 5.97 Å². The summed E-state index contributed by atoms with van der Waals surface area (Å²) in [6.07, 6.45) is 4.17. The van der Waals surface area contributed by atoms with Gasteiger partial charge in [-0.15, -0.1) is 0 Å². The summed E-state index contributed by atoms with van der Waals surface area (Å²) in [5.41, 5.74) is 3.18. The number of rotatable bonds is 4. The van der Waals surface area contributed by atoms with E-state index >= 15 is 0 Å². The highest BCUT2D eigenvalue weighted by Gasteiger charge is 2.28. The smallest absolute Gasteiger partial charge is 0.306 e. The van der Waals surface area contributed by atoms with Crippen LogP contribution < -0.4 is 0 Å². The largest absolute Gasteiger partial charge is 0.481 e. The van der Waals surface area contributed by atoms with E-state index in [1.54, 1.807) is 11.9 Å². The molecule has 25 heavy (non-hydrogen) atoms. The van der Waals surface area contributed by atoms with Crippen LogP contribution >= 0.6 is 0 Å². The summed E-state index contributed by atoms with van der Waals surface area (Å²) in [5.74, 6) is -1.44. The summed E-state index contributed by atoms with van der Waals surface area (Å²) >= 11 is 0. The Balaban J connectivity index is 1.56. The molecule has 1 N–H and O–H groups in total. The van der Waals surface area contributed by atoms with Gasteiger partial charge in [-0.25, -0.2) is 0 Å². The topological polar surface area (TPSA) is 77.9 Å². The van der Waals surface area contributed by atoms with Gasteiger partial charge in [0.05, 0.1) is 12.5 Å². The van der Waals surface area contributed by atoms with E-state index in [-0.39, 0.29) is 24.3 Å². The molecule has 1 aromatic rings. The van der Waals surface area contributed by atoms with E-state index in [2.05, 4.69) is 0 Å². The maximum absolute atomic E-state index is 12.6. The first-order chi connectivity index (χ1) is 12.0. The van der Waals surface area contributed by atoms with Crippen LogP contribution in [0, 0.1) is 5.92 Å². The Hall–Kier alpha value is -2.37. The van der Waals surface area contributed by atoms with E-state index in [1.165, 1.54) is 16.0 Å². The number of nitrogens with zero attached hydrogens (tertiary/aromatic N) is 2. The van der Waals surface area contributed by atoms with Crippen molar-refractivity contribution in [1.82, 2.24) is 9.80 Å². The first-order valence-electron chi connectivity index (χ1n) is 8.83. The SMILES string of the molecule is CN(CC(=O)N1CCC(C(=O)O)CC1)C(=O)c1ccc2c(c1)CCC2. The summed E-state index contributed by atoms with van der Waals surface area (Å²) < 4.78 is 0. The lowest BCUT2D eigenvalue weighted by Crippen LogP contribution is -2.45. The average molecular weight is 344 g/mol. The predicted molar refractivity (Wildman–Crippen MR) is 92.4 cm³/mol. The van der Waals surface area contributed by atoms with Crippen molar-refractivity contribution in [3.05, 3.63) is 34.9 Å². The summed E-state index contributed by atoms with van der Waals surface area (Å²) in [7, 11) is 1.64. The Morgan fingerprint density at radius 1 is 1.16 bits per heavy atom. The maximum atomic E-state index is 12.6. The Morgan fingerprint density at radius 3 is 2.52 bits per heavy atom. The fourth-order valence-corrected chi connectivity index (χ4v) is 3.68. The molecule has 134 valence electrons. The molecule has 0 spiro atoms. The third-order valence-corrected chi connectivity index (χ3v) is 5.26. The number of carboxylic acids is 1. The molecule has 0 saturated carbocycles. The third-order valence-electron chi connectivity index (χ3n) is 5.26. The predicted octanol–water partition coefficient (Wildman–Crippen LogP) is 1.57. The molecule has 6 heteroatoms. The first kappa shape index (κ1) is 17.5. The number of aryl methyl sites for hydroxylation is 2. The molecule has 0 unspecified atom stereocenters. The molecule has 0 radical (unpaired) electrons. The van der Waals surface area contributed by atoms with Gasteiger partial charge in [-0.1, -0.05) is 6.07 Å². The van der Waals surface area contributed by atoms with Crippen LogP contribution in [-0.2, 0) is 22.4 Å². The van der Waals surface area contributed by atoms with E-state index in [4.69, 9.17) is 5.11 Å². The van der Waals surface area contributed by atoms with Gasteiger partial charge in [-0.3, -0.25) is 14.4 Å². The molecule has 0 atom stereocenters. The van der Waals surface area contributed by atoms with Crippen molar-refractivity contribution >= 4 is 17.8 Å². The average Bonchev–Trinajstić information content (AvgIpc) is 3.08. The van der Waals surface area contributed by atoms with Gasteiger partial charge in [0.25, 0.3) is 5.91 Å². The summed E-state index contributed by atoms with van der Waals surface area (Å²) in [6, 6.07) is 5.80. The van der Waals surface area contributed by atoms with Gasteiger partial charge in [-0.2, -0.15) is 0 Å². The van der Waals surface area contributed by atoms with Crippen LogP contribution in [0.3, 0.4) is 0 Å². The number of likely N-dealkylation sites (N-methyl/N-ethyl adjacent to an activating group) is 1. The second kappa shape index (κ2) is 7.25. The Kier molecular flexibility index (Phi) is 5.06. The maximum Gasteiger partial charge on any atom is 0.306 e. The number of fused-ring (bicyclic) bond motifs is 1. The Labute approximate surface area is 147 Å². The molecular weight excluding hydrogens is 320 g/mol. The Bertz CT molecular complexity index is 693. The number of hydrogen-bond donors (Lipinski definition) is 1. The second-order valence-electron chi connectivity index (χ2n) is 6.99. The van der Waals surface area contributed by atoms with Gasteiger partial charge < -0.3 is 14.9 Å². The minimum Gasteiger partial charge on any atom is -0.481 e. The van der Waals surface area contributed by atoms with Gasteiger partial charge in [0.1, 0.15) is 0 Å². The summed E-state index contributed by atoms with van der Waals surface area (Å²) in [5, 5.41) is 9.02. The molecule has 1 saturated heterocycles. The number of amides is 2. The van der Waals surface area contributed by atoms with Crippen LogP contribution in [0.2, 0.25) is 0 Å². The lowest BCUT2D eigenvalue weighted by molar-refractivity contribution is -0.145. The highest BCUT2D eigenvalue weighted by molar-refractivity contribution is 5.96. The molecule has 1 aliphatic heterocycles. The van der Waals surface area contributed by atoms with Crippen LogP contribution in [0.5, 0.6) is 0 Å². The van der Waals surface area contributed by atoms with E-state index in [1.807, 2.05) is 18.2 Å². The molecule has 1 aliphatic carbocycles. The van der Waals surface area contributed by atoms with Crippen molar-refractivity contribution in [2.45, 2.75) is 32.1 Å². The van der Waals surface area contributed by atoms with E-state index in [0.29, 0.717) is 31.5 Å². The van der Waals surface area contributed by atoms with E-state index < -0.39 is 5.97 Å². The number of piperidine rings is 1. The molecule has 1 aromatic carbocycles. The van der Waals surface area contributed by atoms with Crippen LogP contribution in [0.1, 0.15) is 40.7 Å². The molecule has 2 aliphatic rings. The minimum atomic E-state index is -0.795. The fourth-order valence-electron chi connectivity index (χ4n) is 3.68. The lowest BCUT2D eigenvalue weighted by atomic mass is 9.97. The third kappa shape index (κ3) is 3.83. The highest BCUT2D eigenvalue weighted by atomic mass is 16.4. The zero-order valence-corrected chi connectivity index (χ0v) is 14.5. The number of aliphatic carboxylic acids is 1. The fraction of sp³-hybridized carbons (Fsp3) is 0.526. The van der Waals surface area contributed by atoms with Crippen LogP contribution in [0.25, 0.3) is 0 Å². The summed E-state index contributed by atoms with van der Waals surface area (Å²) in [6.45, 7) is 0.904. The number of carboxylic acid groups (broad SMARTS) is 1. The van der Waals surface area contributed by atoms with Crippen LogP contribution in [0.4, 0.5) is 0 Å². The van der Waals surface area contributed by atoms with Gasteiger partial charge in [0, 0.05) is 25.7 Å². The quantitative estimate of drug-likeness (QED) is 0.899. The van der Waals surface area contributed by atoms with Crippen molar-refractivity contribution in [1.29, 1.82) is 0 Å². The van der Waals surface area contributed by atoms with E-state index in [0.717, 1.165) is 19.3 Å². The lowest BCUT2D eigenvalue weighted by Gasteiger charge is -2.31. The van der Waals surface area contributed by atoms with Crippen LogP contribution in [-0.4, -0.2) is 59.4 Å². The van der Waals surface area contributed by atoms with Crippen molar-refractivity contribution < 1.29 is 19.5 Å². The number of carbonyl (C=O) groups excluding carboxylic acids is 2. The van der Waals surface area contributed by atoms with Crippen LogP contribution in [0.15, 0.2) is 18.2 Å². The Morgan fingerprint density at radius 2 is 1.84 bits per heavy atom. The monoisotopic (exact) mass is 344 g/mol. The zero-order valence-electron chi connectivity index (χ0n) is 14.5. The number of likely N-dealkylation sites (tertiary alicyclic amines) is 1. The normalized spacial score (nSPS) is 17.2. The van der Waals surface area contributed by atoms with E-state index in [9.17, 15) is 14.4 Å². The molecule has 0 aromatic heterocycles. The molecule has 0 bridgehead atoms. The molecular formula is C19H24N2O4. The van der Waals surface area contributed by atoms with Gasteiger partial charge in [0.15, 0.2) is 0 Å². The number of hydrogen-bond acceptors (Lipinski definition) is 3. The van der Waals surface area contributed by atoms with Crippen molar-refractivity contribution in [3.63, 3.8) is 0 Å². The molecule has 1 fully saturated rings. The molecule has 1 heterocycles. The second-order valence-corrected chi connectivity index (χ2v) is 6.99. The molecule has 2 amide bonds. The summed E-state index contributed by atoms with van der Waals surface area (Å²) in [4.78, 5) is 39.1. The first-order valence-corrected chi connectivity index (χ1v) is 8.83. The standard InChI is InChI=1S/C19H24N2O4/c1-20(12-17(22)21-9-7-14(8-10-21)19(24)25)18(23)16-6-5-13-3-2-4-15(13)11-16/h5-6,11,14H,2-4,7-10,12H2,1H3,(H,24,25).